The van der Waals surface area contributed by atoms with Gasteiger partial charge in [-0.1, -0.05) is 30.3 Å². The van der Waals surface area contributed by atoms with Crippen LogP contribution in [0.5, 0.6) is 17.2 Å². The van der Waals surface area contributed by atoms with Crippen molar-refractivity contribution in [1.82, 2.24) is 5.32 Å². The van der Waals surface area contributed by atoms with Crippen molar-refractivity contribution < 1.29 is 28.9 Å². The summed E-state index contributed by atoms with van der Waals surface area (Å²) >= 11 is 0. The van der Waals surface area contributed by atoms with Gasteiger partial charge in [0.15, 0.2) is 11.5 Å². The van der Waals surface area contributed by atoms with Crippen molar-refractivity contribution in [3.05, 3.63) is 48.0 Å². The Balaban J connectivity index is 1.77. The number of benzene rings is 2. The number of anilines is 1. The zero-order valence-electron chi connectivity index (χ0n) is 17.3. The number of aliphatic hydroxyl groups is 1. The lowest BCUT2D eigenvalue weighted by molar-refractivity contribution is -0.127. The molecule has 0 saturated carbocycles. The zero-order valence-corrected chi connectivity index (χ0v) is 17.3. The second-order valence-corrected chi connectivity index (χ2v) is 6.94. The number of ether oxygens (including phenoxy) is 3. The molecule has 3 rings (SSSR count). The minimum Gasteiger partial charge on any atom is -0.493 e. The van der Waals surface area contributed by atoms with Crippen molar-refractivity contribution >= 4 is 17.5 Å². The summed E-state index contributed by atoms with van der Waals surface area (Å²) in [4.78, 5) is 27.0. The number of nitrogens with zero attached hydrogens (tertiary/aromatic N) is 1. The molecule has 1 fully saturated rings. The van der Waals surface area contributed by atoms with E-state index in [-0.39, 0.29) is 31.4 Å². The number of hydrogen-bond acceptors (Lipinski definition) is 6. The molecule has 2 aromatic rings. The first kappa shape index (κ1) is 21.4. The SMILES string of the molecule is COc1cc(N2C[C@@H](C(=O)N[C@@H](CO)c3ccccc3)CC2=O)cc(OC)c1OC. The summed E-state index contributed by atoms with van der Waals surface area (Å²) in [6, 6.07) is 12.1. The van der Waals surface area contributed by atoms with Gasteiger partial charge in [0.05, 0.1) is 45.6 Å². The molecule has 1 saturated heterocycles. The summed E-state index contributed by atoms with van der Waals surface area (Å²) in [5.41, 5.74) is 1.37. The maximum Gasteiger partial charge on any atom is 0.227 e. The van der Waals surface area contributed by atoms with Gasteiger partial charge < -0.3 is 29.5 Å². The van der Waals surface area contributed by atoms with E-state index < -0.39 is 12.0 Å². The molecular weight excluding hydrogens is 388 g/mol. The smallest absolute Gasteiger partial charge is 0.227 e. The molecule has 2 N–H and O–H groups in total. The third-order valence-electron chi connectivity index (χ3n) is 5.16. The van der Waals surface area contributed by atoms with E-state index in [1.807, 2.05) is 30.3 Å². The Morgan fingerprint density at radius 3 is 2.30 bits per heavy atom. The zero-order chi connectivity index (χ0) is 21.7. The van der Waals surface area contributed by atoms with Gasteiger partial charge in [-0.25, -0.2) is 0 Å². The number of amides is 2. The maximum absolute atomic E-state index is 12.8. The van der Waals surface area contributed by atoms with Crippen molar-refractivity contribution in [2.24, 2.45) is 5.92 Å². The van der Waals surface area contributed by atoms with Crippen LogP contribution in [0, 0.1) is 5.92 Å². The minimum atomic E-state index is -0.533. The maximum atomic E-state index is 12.8. The summed E-state index contributed by atoms with van der Waals surface area (Å²) in [5, 5.41) is 12.5. The molecule has 1 heterocycles. The quantitative estimate of drug-likeness (QED) is 0.685. The Hall–Kier alpha value is -3.26. The van der Waals surface area contributed by atoms with Crippen LogP contribution in [0.25, 0.3) is 0 Å². The highest BCUT2D eigenvalue weighted by Crippen LogP contribution is 2.42. The molecule has 0 spiro atoms. The number of carbonyl (C=O) groups excluding carboxylic acids is 2. The highest BCUT2D eigenvalue weighted by Gasteiger charge is 2.36. The highest BCUT2D eigenvalue weighted by atomic mass is 16.5. The van der Waals surface area contributed by atoms with Crippen molar-refractivity contribution in [1.29, 1.82) is 0 Å². The number of carbonyl (C=O) groups is 2. The van der Waals surface area contributed by atoms with Crippen molar-refractivity contribution in [2.45, 2.75) is 12.5 Å². The molecule has 2 atom stereocenters. The fourth-order valence-corrected chi connectivity index (χ4v) is 3.57. The average molecular weight is 414 g/mol. The van der Waals surface area contributed by atoms with Gasteiger partial charge in [0.25, 0.3) is 0 Å². The van der Waals surface area contributed by atoms with Crippen LogP contribution in [0.3, 0.4) is 0 Å². The molecule has 1 aliphatic rings. The van der Waals surface area contributed by atoms with Gasteiger partial charge in [0, 0.05) is 25.1 Å². The van der Waals surface area contributed by atoms with Crippen LogP contribution in [0.2, 0.25) is 0 Å². The predicted molar refractivity (Wildman–Crippen MR) is 111 cm³/mol. The lowest BCUT2D eigenvalue weighted by Gasteiger charge is -2.21. The van der Waals surface area contributed by atoms with Gasteiger partial charge >= 0.3 is 0 Å². The fraction of sp³-hybridized carbons (Fsp3) is 0.364. The first-order chi connectivity index (χ1) is 14.5. The Kier molecular flexibility index (Phi) is 6.79. The first-order valence-corrected chi connectivity index (χ1v) is 9.58. The lowest BCUT2D eigenvalue weighted by Crippen LogP contribution is -2.37. The van der Waals surface area contributed by atoms with E-state index in [0.29, 0.717) is 22.9 Å². The van der Waals surface area contributed by atoms with E-state index in [0.717, 1.165) is 5.56 Å². The number of rotatable bonds is 8. The second kappa shape index (κ2) is 9.49. The summed E-state index contributed by atoms with van der Waals surface area (Å²) in [5.74, 6) is 0.299. The molecule has 0 radical (unpaired) electrons. The van der Waals surface area contributed by atoms with Crippen LogP contribution in [-0.2, 0) is 9.59 Å². The Bertz CT molecular complexity index is 877. The predicted octanol–water partition coefficient (Wildman–Crippen LogP) is 1.92. The normalized spacial score (nSPS) is 16.9. The van der Waals surface area contributed by atoms with Crippen molar-refractivity contribution in [2.75, 3.05) is 39.4 Å². The molecule has 160 valence electrons. The van der Waals surface area contributed by atoms with Crippen LogP contribution in [0.4, 0.5) is 5.69 Å². The Morgan fingerprint density at radius 2 is 1.77 bits per heavy atom. The first-order valence-electron chi connectivity index (χ1n) is 9.58. The van der Waals surface area contributed by atoms with Crippen LogP contribution >= 0.6 is 0 Å². The van der Waals surface area contributed by atoms with E-state index >= 15 is 0 Å². The van der Waals surface area contributed by atoms with Gasteiger partial charge in [-0.05, 0) is 5.56 Å². The van der Waals surface area contributed by atoms with Gasteiger partial charge in [-0.3, -0.25) is 9.59 Å². The topological polar surface area (TPSA) is 97.3 Å². The fourth-order valence-electron chi connectivity index (χ4n) is 3.57. The number of aliphatic hydroxyl groups excluding tert-OH is 1. The highest BCUT2D eigenvalue weighted by molar-refractivity contribution is 6.00. The Labute approximate surface area is 175 Å². The van der Waals surface area contributed by atoms with Crippen molar-refractivity contribution in [3.63, 3.8) is 0 Å². The van der Waals surface area contributed by atoms with Gasteiger partial charge in [0.1, 0.15) is 0 Å². The summed E-state index contributed by atoms with van der Waals surface area (Å²) < 4.78 is 16.0. The average Bonchev–Trinajstić information content (AvgIpc) is 3.18. The van der Waals surface area contributed by atoms with E-state index in [1.54, 1.807) is 12.1 Å². The number of methoxy groups -OCH3 is 3. The minimum absolute atomic E-state index is 0.0788. The Morgan fingerprint density at radius 1 is 1.13 bits per heavy atom. The molecule has 30 heavy (non-hydrogen) atoms. The number of nitrogens with one attached hydrogen (secondary N) is 1. The molecule has 1 aliphatic heterocycles. The van der Waals surface area contributed by atoms with Gasteiger partial charge in [-0.2, -0.15) is 0 Å². The van der Waals surface area contributed by atoms with Gasteiger partial charge in [-0.15, -0.1) is 0 Å². The molecule has 2 amide bonds. The number of hydrogen-bond donors (Lipinski definition) is 2. The molecule has 2 aromatic carbocycles. The van der Waals surface area contributed by atoms with Crippen molar-refractivity contribution in [3.8, 4) is 17.2 Å². The third-order valence-corrected chi connectivity index (χ3v) is 5.16. The summed E-state index contributed by atoms with van der Waals surface area (Å²) in [6.45, 7) is -0.0107. The van der Waals surface area contributed by atoms with E-state index in [1.165, 1.54) is 26.2 Å². The lowest BCUT2D eigenvalue weighted by atomic mass is 10.0. The molecule has 0 aromatic heterocycles. The molecular formula is C22H26N2O6. The summed E-state index contributed by atoms with van der Waals surface area (Å²) in [6.07, 6.45) is 0.0788. The molecule has 0 aliphatic carbocycles. The van der Waals surface area contributed by atoms with Crippen LogP contribution in [0.15, 0.2) is 42.5 Å². The second-order valence-electron chi connectivity index (χ2n) is 6.94. The molecule has 0 bridgehead atoms. The molecule has 8 nitrogen and oxygen atoms in total. The van der Waals surface area contributed by atoms with Gasteiger partial charge in [0.2, 0.25) is 17.6 Å². The molecule has 0 unspecified atom stereocenters. The van der Waals surface area contributed by atoms with E-state index in [9.17, 15) is 14.7 Å². The van der Waals surface area contributed by atoms with Crippen LogP contribution < -0.4 is 24.4 Å². The monoisotopic (exact) mass is 414 g/mol. The van der Waals surface area contributed by atoms with E-state index in [4.69, 9.17) is 14.2 Å². The third kappa shape index (κ3) is 4.33. The standard InChI is InChI=1S/C22H26N2O6/c1-28-18-10-16(11-19(29-2)21(18)30-3)24-12-15(9-20(24)26)22(27)23-17(13-25)14-7-5-4-6-8-14/h4-8,10-11,15,17,25H,9,12-13H2,1-3H3,(H,23,27)/t15-,17-/m0/s1. The van der Waals surface area contributed by atoms with Crippen LogP contribution in [0.1, 0.15) is 18.0 Å². The van der Waals surface area contributed by atoms with Crippen LogP contribution in [-0.4, -0.2) is 51.4 Å². The molecule has 8 heteroatoms. The van der Waals surface area contributed by atoms with E-state index in [2.05, 4.69) is 5.32 Å². The summed E-state index contributed by atoms with van der Waals surface area (Å²) in [7, 11) is 4.51. The largest absolute Gasteiger partial charge is 0.493 e.